The third-order valence-electron chi connectivity index (χ3n) is 4.42. The SMILES string of the molecule is Cn1c(CNC2CCCC2)cc2c(CN)cccc21. The Bertz CT molecular complexity index is 565. The molecule has 1 aliphatic carbocycles. The van der Waals surface area contributed by atoms with Crippen molar-refractivity contribution in [2.24, 2.45) is 12.8 Å². The van der Waals surface area contributed by atoms with Crippen molar-refractivity contribution in [2.45, 2.75) is 44.8 Å². The third-order valence-corrected chi connectivity index (χ3v) is 4.42. The van der Waals surface area contributed by atoms with E-state index in [2.05, 4.69) is 41.2 Å². The van der Waals surface area contributed by atoms with Gasteiger partial charge in [0, 0.05) is 42.8 Å². The first-order chi connectivity index (χ1) is 9.29. The molecular weight excluding hydrogens is 234 g/mol. The highest BCUT2D eigenvalue weighted by atomic mass is 15.0. The first-order valence-electron chi connectivity index (χ1n) is 7.29. The van der Waals surface area contributed by atoms with Crippen molar-refractivity contribution in [3.05, 3.63) is 35.5 Å². The monoisotopic (exact) mass is 257 g/mol. The molecule has 0 saturated heterocycles. The van der Waals surface area contributed by atoms with Gasteiger partial charge in [-0.05, 0) is 30.5 Å². The second-order valence-electron chi connectivity index (χ2n) is 5.61. The summed E-state index contributed by atoms with van der Waals surface area (Å²) in [5.41, 5.74) is 9.69. The van der Waals surface area contributed by atoms with Crippen LogP contribution in [-0.4, -0.2) is 10.6 Å². The standard InChI is InChI=1S/C16H23N3/c1-19-14(11-18-13-6-2-3-7-13)9-15-12(10-17)5-4-8-16(15)19/h4-5,8-9,13,18H,2-3,6-7,10-11,17H2,1H3. The van der Waals surface area contributed by atoms with E-state index < -0.39 is 0 Å². The van der Waals surface area contributed by atoms with Gasteiger partial charge >= 0.3 is 0 Å². The summed E-state index contributed by atoms with van der Waals surface area (Å²) in [4.78, 5) is 0. The van der Waals surface area contributed by atoms with Crippen LogP contribution in [0.25, 0.3) is 10.9 Å². The topological polar surface area (TPSA) is 43.0 Å². The van der Waals surface area contributed by atoms with Gasteiger partial charge in [-0.25, -0.2) is 0 Å². The molecular formula is C16H23N3. The fourth-order valence-electron chi connectivity index (χ4n) is 3.20. The molecule has 0 atom stereocenters. The molecule has 0 unspecified atom stereocenters. The Morgan fingerprint density at radius 1 is 1.32 bits per heavy atom. The van der Waals surface area contributed by atoms with Gasteiger partial charge in [0.05, 0.1) is 0 Å². The molecule has 3 nitrogen and oxygen atoms in total. The van der Waals surface area contributed by atoms with Gasteiger partial charge in [-0.15, -0.1) is 0 Å². The Balaban J connectivity index is 1.84. The summed E-state index contributed by atoms with van der Waals surface area (Å²) in [5, 5.41) is 4.99. The van der Waals surface area contributed by atoms with E-state index in [0.717, 1.165) is 6.54 Å². The molecule has 2 aromatic rings. The number of aryl methyl sites for hydroxylation is 1. The fourth-order valence-corrected chi connectivity index (χ4v) is 3.20. The van der Waals surface area contributed by atoms with Gasteiger partial charge in [0.1, 0.15) is 0 Å². The first-order valence-corrected chi connectivity index (χ1v) is 7.29. The third kappa shape index (κ3) is 2.40. The Labute approximate surface area is 114 Å². The Kier molecular flexibility index (Phi) is 3.58. The van der Waals surface area contributed by atoms with Crippen LogP contribution in [0, 0.1) is 0 Å². The van der Waals surface area contributed by atoms with Crippen LogP contribution in [-0.2, 0) is 20.1 Å². The molecule has 0 spiro atoms. The molecule has 1 aromatic heterocycles. The second-order valence-corrected chi connectivity index (χ2v) is 5.61. The average Bonchev–Trinajstić information content (AvgIpc) is 3.05. The van der Waals surface area contributed by atoms with E-state index in [9.17, 15) is 0 Å². The van der Waals surface area contributed by atoms with Crippen LogP contribution in [0.2, 0.25) is 0 Å². The molecule has 102 valence electrons. The van der Waals surface area contributed by atoms with Crippen LogP contribution >= 0.6 is 0 Å². The van der Waals surface area contributed by atoms with E-state index >= 15 is 0 Å². The summed E-state index contributed by atoms with van der Waals surface area (Å²) in [7, 11) is 2.15. The van der Waals surface area contributed by atoms with E-state index in [4.69, 9.17) is 5.73 Å². The minimum Gasteiger partial charge on any atom is -0.346 e. The highest BCUT2D eigenvalue weighted by Crippen LogP contribution is 2.23. The zero-order valence-electron chi connectivity index (χ0n) is 11.7. The van der Waals surface area contributed by atoms with Crippen LogP contribution in [0.1, 0.15) is 36.9 Å². The van der Waals surface area contributed by atoms with Crippen LogP contribution < -0.4 is 11.1 Å². The molecule has 19 heavy (non-hydrogen) atoms. The molecule has 3 N–H and O–H groups in total. The van der Waals surface area contributed by atoms with Crippen molar-refractivity contribution in [2.75, 3.05) is 0 Å². The number of nitrogens with two attached hydrogens (primary N) is 1. The van der Waals surface area contributed by atoms with E-state index in [1.165, 1.54) is 47.8 Å². The number of fused-ring (bicyclic) bond motifs is 1. The normalized spacial score (nSPS) is 16.5. The van der Waals surface area contributed by atoms with E-state index in [1.54, 1.807) is 0 Å². The molecule has 1 aliphatic rings. The van der Waals surface area contributed by atoms with Gasteiger partial charge in [0.2, 0.25) is 0 Å². The van der Waals surface area contributed by atoms with E-state index in [-0.39, 0.29) is 0 Å². The molecule has 1 heterocycles. The zero-order valence-corrected chi connectivity index (χ0v) is 11.7. The van der Waals surface area contributed by atoms with Crippen molar-refractivity contribution in [3.8, 4) is 0 Å². The summed E-state index contributed by atoms with van der Waals surface area (Å²) in [6, 6.07) is 9.40. The summed E-state index contributed by atoms with van der Waals surface area (Å²) >= 11 is 0. The smallest absolute Gasteiger partial charge is 0.0483 e. The second kappa shape index (κ2) is 5.35. The molecule has 1 aromatic carbocycles. The lowest BCUT2D eigenvalue weighted by molar-refractivity contribution is 0.514. The van der Waals surface area contributed by atoms with E-state index in [0.29, 0.717) is 12.6 Å². The summed E-state index contributed by atoms with van der Waals surface area (Å²) in [6.45, 7) is 1.57. The highest BCUT2D eigenvalue weighted by Gasteiger charge is 2.15. The molecule has 1 saturated carbocycles. The maximum Gasteiger partial charge on any atom is 0.0483 e. The molecule has 0 radical (unpaired) electrons. The van der Waals surface area contributed by atoms with Crippen molar-refractivity contribution >= 4 is 10.9 Å². The van der Waals surface area contributed by atoms with Crippen molar-refractivity contribution < 1.29 is 0 Å². The quantitative estimate of drug-likeness (QED) is 0.884. The average molecular weight is 257 g/mol. The van der Waals surface area contributed by atoms with Gasteiger partial charge in [-0.1, -0.05) is 25.0 Å². The molecule has 1 fully saturated rings. The largest absolute Gasteiger partial charge is 0.346 e. The molecule has 3 rings (SSSR count). The Hall–Kier alpha value is -1.32. The van der Waals surface area contributed by atoms with Crippen molar-refractivity contribution in [1.82, 2.24) is 9.88 Å². The van der Waals surface area contributed by atoms with Crippen LogP contribution in [0.5, 0.6) is 0 Å². The van der Waals surface area contributed by atoms with Gasteiger partial charge < -0.3 is 15.6 Å². The number of hydrogen-bond acceptors (Lipinski definition) is 2. The van der Waals surface area contributed by atoms with Crippen molar-refractivity contribution in [1.29, 1.82) is 0 Å². The fraction of sp³-hybridized carbons (Fsp3) is 0.500. The zero-order chi connectivity index (χ0) is 13.2. The van der Waals surface area contributed by atoms with Gasteiger partial charge in [-0.3, -0.25) is 0 Å². The number of benzene rings is 1. The minimum absolute atomic E-state index is 0.608. The minimum atomic E-state index is 0.608. The first kappa shape index (κ1) is 12.7. The lowest BCUT2D eigenvalue weighted by Gasteiger charge is -2.12. The van der Waals surface area contributed by atoms with Gasteiger partial charge in [0.25, 0.3) is 0 Å². The van der Waals surface area contributed by atoms with Crippen LogP contribution in [0.4, 0.5) is 0 Å². The Morgan fingerprint density at radius 3 is 2.84 bits per heavy atom. The van der Waals surface area contributed by atoms with Gasteiger partial charge in [-0.2, -0.15) is 0 Å². The molecule has 0 amide bonds. The number of nitrogens with zero attached hydrogens (tertiary/aromatic N) is 1. The summed E-state index contributed by atoms with van der Waals surface area (Å²) in [5.74, 6) is 0. The van der Waals surface area contributed by atoms with Crippen LogP contribution in [0.3, 0.4) is 0 Å². The number of aromatic nitrogens is 1. The highest BCUT2D eigenvalue weighted by molar-refractivity contribution is 5.84. The number of rotatable bonds is 4. The lowest BCUT2D eigenvalue weighted by atomic mass is 10.1. The molecule has 0 aliphatic heterocycles. The lowest BCUT2D eigenvalue weighted by Crippen LogP contribution is -2.26. The number of hydrogen-bond donors (Lipinski definition) is 2. The number of nitrogens with one attached hydrogen (secondary N) is 1. The maximum absolute atomic E-state index is 5.82. The molecule has 0 bridgehead atoms. The Morgan fingerprint density at radius 2 is 2.11 bits per heavy atom. The maximum atomic E-state index is 5.82. The predicted molar refractivity (Wildman–Crippen MR) is 79.9 cm³/mol. The van der Waals surface area contributed by atoms with Crippen molar-refractivity contribution in [3.63, 3.8) is 0 Å². The van der Waals surface area contributed by atoms with Gasteiger partial charge in [0.15, 0.2) is 0 Å². The summed E-state index contributed by atoms with van der Waals surface area (Å²) < 4.78 is 2.29. The van der Waals surface area contributed by atoms with E-state index in [1.807, 2.05) is 0 Å². The predicted octanol–water partition coefficient (Wildman–Crippen LogP) is 2.67. The summed E-state index contributed by atoms with van der Waals surface area (Å²) in [6.07, 6.45) is 5.42. The van der Waals surface area contributed by atoms with Crippen LogP contribution in [0.15, 0.2) is 24.3 Å². The molecule has 3 heteroatoms.